The standard InChI is InChI=1S/C20H18O2/c1-22-18-12-13-19-17(14-18)11-10-16(20(19)21)9-5-8-15-6-3-2-4-7-15/h2-9,12-14H,10-11H2,1H3/b8-5-,16-9-. The van der Waals surface area contributed by atoms with E-state index in [9.17, 15) is 4.79 Å². The molecule has 0 saturated carbocycles. The fraction of sp³-hybridized carbons (Fsp3) is 0.150. The minimum absolute atomic E-state index is 0.126. The summed E-state index contributed by atoms with van der Waals surface area (Å²) >= 11 is 0. The molecule has 2 aromatic carbocycles. The maximum absolute atomic E-state index is 12.5. The third kappa shape index (κ3) is 3.01. The number of methoxy groups -OCH3 is 1. The maximum Gasteiger partial charge on any atom is 0.189 e. The van der Waals surface area contributed by atoms with Crippen LogP contribution in [-0.4, -0.2) is 12.9 Å². The van der Waals surface area contributed by atoms with Crippen LogP contribution in [0.5, 0.6) is 5.75 Å². The minimum Gasteiger partial charge on any atom is -0.497 e. The van der Waals surface area contributed by atoms with Gasteiger partial charge in [-0.3, -0.25) is 4.79 Å². The Morgan fingerprint density at radius 3 is 2.64 bits per heavy atom. The number of rotatable bonds is 3. The summed E-state index contributed by atoms with van der Waals surface area (Å²) in [5.41, 5.74) is 3.87. The summed E-state index contributed by atoms with van der Waals surface area (Å²) in [6.07, 6.45) is 7.56. The van der Waals surface area contributed by atoms with Gasteiger partial charge in [0.2, 0.25) is 0 Å². The first-order valence-electron chi connectivity index (χ1n) is 7.42. The molecule has 1 aliphatic carbocycles. The topological polar surface area (TPSA) is 26.3 Å². The summed E-state index contributed by atoms with van der Waals surface area (Å²) < 4.78 is 5.22. The smallest absolute Gasteiger partial charge is 0.189 e. The molecule has 110 valence electrons. The van der Waals surface area contributed by atoms with Crippen molar-refractivity contribution in [3.8, 4) is 5.75 Å². The van der Waals surface area contributed by atoms with Gasteiger partial charge in [0.25, 0.3) is 0 Å². The van der Waals surface area contributed by atoms with Crippen LogP contribution in [-0.2, 0) is 6.42 Å². The average molecular weight is 290 g/mol. The SMILES string of the molecule is COc1ccc2c(c1)CC/C(=C/C=C\c1ccccc1)C2=O. The minimum atomic E-state index is 0.126. The lowest BCUT2D eigenvalue weighted by atomic mass is 9.86. The Hall–Kier alpha value is -2.61. The zero-order valence-electron chi connectivity index (χ0n) is 12.6. The van der Waals surface area contributed by atoms with E-state index in [-0.39, 0.29) is 5.78 Å². The molecule has 0 heterocycles. The van der Waals surface area contributed by atoms with Crippen molar-refractivity contribution >= 4 is 11.9 Å². The number of ketones is 1. The molecule has 0 N–H and O–H groups in total. The van der Waals surface area contributed by atoms with Gasteiger partial charge >= 0.3 is 0 Å². The zero-order valence-corrected chi connectivity index (χ0v) is 12.6. The lowest BCUT2D eigenvalue weighted by Crippen LogP contribution is -2.14. The summed E-state index contributed by atoms with van der Waals surface area (Å²) in [6, 6.07) is 15.8. The Morgan fingerprint density at radius 1 is 1.05 bits per heavy atom. The highest BCUT2D eigenvalue weighted by Crippen LogP contribution is 2.28. The van der Waals surface area contributed by atoms with Crippen molar-refractivity contribution in [3.63, 3.8) is 0 Å². The largest absolute Gasteiger partial charge is 0.497 e. The van der Waals surface area contributed by atoms with E-state index in [0.717, 1.165) is 40.9 Å². The number of carbonyl (C=O) groups excluding carboxylic acids is 1. The molecular formula is C20H18O2. The van der Waals surface area contributed by atoms with Crippen molar-refractivity contribution in [2.24, 2.45) is 0 Å². The lowest BCUT2D eigenvalue weighted by molar-refractivity contribution is 0.102. The van der Waals surface area contributed by atoms with Gasteiger partial charge in [0.05, 0.1) is 7.11 Å². The Bertz CT molecular complexity index is 740. The van der Waals surface area contributed by atoms with Crippen molar-refractivity contribution in [2.75, 3.05) is 7.11 Å². The summed E-state index contributed by atoms with van der Waals surface area (Å²) in [5.74, 6) is 0.935. The van der Waals surface area contributed by atoms with E-state index in [2.05, 4.69) is 0 Å². The summed E-state index contributed by atoms with van der Waals surface area (Å²) in [6.45, 7) is 0. The maximum atomic E-state index is 12.5. The molecule has 0 radical (unpaired) electrons. The Kier molecular flexibility index (Phi) is 4.19. The second-order valence-electron chi connectivity index (χ2n) is 5.31. The highest BCUT2D eigenvalue weighted by molar-refractivity contribution is 6.11. The van der Waals surface area contributed by atoms with Crippen molar-refractivity contribution < 1.29 is 9.53 Å². The number of hydrogen-bond acceptors (Lipinski definition) is 2. The molecule has 0 unspecified atom stereocenters. The number of ether oxygens (including phenoxy) is 1. The first-order chi connectivity index (χ1) is 10.8. The van der Waals surface area contributed by atoms with E-state index >= 15 is 0 Å². The van der Waals surface area contributed by atoms with Crippen LogP contribution in [0.2, 0.25) is 0 Å². The van der Waals surface area contributed by atoms with Crippen LogP contribution in [0.25, 0.3) is 6.08 Å². The zero-order chi connectivity index (χ0) is 15.4. The molecule has 3 rings (SSSR count). The fourth-order valence-corrected chi connectivity index (χ4v) is 2.68. The summed E-state index contributed by atoms with van der Waals surface area (Å²) in [5, 5.41) is 0. The van der Waals surface area contributed by atoms with Crippen LogP contribution >= 0.6 is 0 Å². The number of fused-ring (bicyclic) bond motifs is 1. The molecule has 0 fully saturated rings. The molecule has 2 aromatic rings. The summed E-state index contributed by atoms with van der Waals surface area (Å²) in [4.78, 5) is 12.5. The predicted molar refractivity (Wildman–Crippen MR) is 89.2 cm³/mol. The van der Waals surface area contributed by atoms with Crippen molar-refractivity contribution in [1.29, 1.82) is 0 Å². The van der Waals surface area contributed by atoms with Gasteiger partial charge in [-0.15, -0.1) is 0 Å². The molecule has 0 saturated heterocycles. The first kappa shape index (κ1) is 14.3. The number of aryl methyl sites for hydroxylation is 1. The average Bonchev–Trinajstić information content (AvgIpc) is 2.57. The van der Waals surface area contributed by atoms with E-state index in [4.69, 9.17) is 4.74 Å². The van der Waals surface area contributed by atoms with Crippen LogP contribution in [0.15, 0.2) is 66.3 Å². The van der Waals surface area contributed by atoms with Crippen molar-refractivity contribution in [1.82, 2.24) is 0 Å². The normalized spacial score (nSPS) is 16.0. The molecule has 0 atom stereocenters. The molecule has 0 aromatic heterocycles. The van der Waals surface area contributed by atoms with Gasteiger partial charge in [0.15, 0.2) is 5.78 Å². The summed E-state index contributed by atoms with van der Waals surface area (Å²) in [7, 11) is 1.64. The van der Waals surface area contributed by atoms with Gasteiger partial charge in [0.1, 0.15) is 5.75 Å². The van der Waals surface area contributed by atoms with E-state index in [1.165, 1.54) is 0 Å². The number of benzene rings is 2. The van der Waals surface area contributed by atoms with Gasteiger partial charge in [-0.1, -0.05) is 48.6 Å². The second kappa shape index (κ2) is 6.44. The molecular weight excluding hydrogens is 272 g/mol. The van der Waals surface area contributed by atoms with Crippen molar-refractivity contribution in [2.45, 2.75) is 12.8 Å². The molecule has 22 heavy (non-hydrogen) atoms. The monoisotopic (exact) mass is 290 g/mol. The second-order valence-corrected chi connectivity index (χ2v) is 5.31. The van der Waals surface area contributed by atoms with Crippen LogP contribution < -0.4 is 4.74 Å². The van der Waals surface area contributed by atoms with Gasteiger partial charge in [-0.05, 0) is 42.2 Å². The third-order valence-corrected chi connectivity index (χ3v) is 3.90. The highest BCUT2D eigenvalue weighted by atomic mass is 16.5. The van der Waals surface area contributed by atoms with Crippen LogP contribution in [0, 0.1) is 0 Å². The van der Waals surface area contributed by atoms with Gasteiger partial charge < -0.3 is 4.74 Å². The van der Waals surface area contributed by atoms with Gasteiger partial charge in [0, 0.05) is 11.1 Å². The van der Waals surface area contributed by atoms with E-state index in [1.54, 1.807) is 7.11 Å². The molecule has 0 aliphatic heterocycles. The highest BCUT2D eigenvalue weighted by Gasteiger charge is 2.21. The molecule has 2 heteroatoms. The van der Waals surface area contributed by atoms with Crippen LogP contribution in [0.4, 0.5) is 0 Å². The Balaban J connectivity index is 1.80. The molecule has 1 aliphatic rings. The number of allylic oxidation sites excluding steroid dienone is 3. The molecule has 0 bridgehead atoms. The Morgan fingerprint density at radius 2 is 1.86 bits per heavy atom. The van der Waals surface area contributed by atoms with E-state index in [0.29, 0.717) is 0 Å². The fourth-order valence-electron chi connectivity index (χ4n) is 2.68. The number of hydrogen-bond donors (Lipinski definition) is 0. The quantitative estimate of drug-likeness (QED) is 0.780. The predicted octanol–water partition coefficient (Wildman–Crippen LogP) is 4.46. The first-order valence-corrected chi connectivity index (χ1v) is 7.42. The van der Waals surface area contributed by atoms with E-state index < -0.39 is 0 Å². The van der Waals surface area contributed by atoms with E-state index in [1.807, 2.05) is 66.8 Å². The Labute approximate surface area is 130 Å². The molecule has 0 spiro atoms. The lowest BCUT2D eigenvalue weighted by Gasteiger charge is -2.17. The molecule has 2 nitrogen and oxygen atoms in total. The van der Waals surface area contributed by atoms with Crippen LogP contribution in [0.3, 0.4) is 0 Å². The number of carbonyl (C=O) groups is 1. The number of Topliss-reactive ketones (excluding diaryl/α,β-unsaturated/α-hetero) is 1. The van der Waals surface area contributed by atoms with Gasteiger partial charge in [-0.25, -0.2) is 0 Å². The van der Waals surface area contributed by atoms with Crippen LogP contribution in [0.1, 0.15) is 27.9 Å². The third-order valence-electron chi connectivity index (χ3n) is 3.90. The van der Waals surface area contributed by atoms with Gasteiger partial charge in [-0.2, -0.15) is 0 Å². The van der Waals surface area contributed by atoms with Crippen molar-refractivity contribution in [3.05, 3.63) is 82.9 Å². The molecule has 0 amide bonds.